The van der Waals surface area contributed by atoms with Gasteiger partial charge in [0.15, 0.2) is 0 Å². The molecule has 0 aliphatic carbocycles. The number of carbonyl (C=O) groups excluding carboxylic acids is 1. The lowest BCUT2D eigenvalue weighted by molar-refractivity contribution is -0.120. The van der Waals surface area contributed by atoms with Crippen LogP contribution >= 0.6 is 0 Å². The van der Waals surface area contributed by atoms with Crippen LogP contribution in [0.15, 0.2) is 42.5 Å². The van der Waals surface area contributed by atoms with Gasteiger partial charge in [0.25, 0.3) is 0 Å². The third-order valence-electron chi connectivity index (χ3n) is 3.11. The summed E-state index contributed by atoms with van der Waals surface area (Å²) in [6.45, 7) is 0.488. The number of benzene rings is 2. The summed E-state index contributed by atoms with van der Waals surface area (Å²) in [5, 5.41) is 2.61. The van der Waals surface area contributed by atoms with Crippen molar-refractivity contribution in [1.82, 2.24) is 5.32 Å². The smallest absolute Gasteiger partial charge is 0.224 e. The molecule has 2 aromatic carbocycles. The quantitative estimate of drug-likeness (QED) is 0.887. The summed E-state index contributed by atoms with van der Waals surface area (Å²) in [4.78, 5) is 11.8. The monoisotopic (exact) mass is 290 g/mol. The molecule has 0 saturated carbocycles. The van der Waals surface area contributed by atoms with E-state index in [4.69, 9.17) is 5.73 Å². The Bertz CT molecular complexity index is 627. The lowest BCUT2D eigenvalue weighted by Crippen LogP contribution is -2.25. The fraction of sp³-hybridized carbons (Fsp3) is 0.188. The zero-order chi connectivity index (χ0) is 15.2. The molecule has 3 nitrogen and oxygen atoms in total. The van der Waals surface area contributed by atoms with E-state index in [-0.39, 0.29) is 24.4 Å². The number of nitrogens with two attached hydrogens (primary N) is 1. The summed E-state index contributed by atoms with van der Waals surface area (Å²) >= 11 is 0. The Morgan fingerprint density at radius 1 is 1.05 bits per heavy atom. The molecule has 0 radical (unpaired) electrons. The third-order valence-corrected chi connectivity index (χ3v) is 3.11. The summed E-state index contributed by atoms with van der Waals surface area (Å²) in [6, 6.07) is 10.7. The van der Waals surface area contributed by atoms with Gasteiger partial charge in [-0.15, -0.1) is 0 Å². The van der Waals surface area contributed by atoms with Gasteiger partial charge in [0.1, 0.15) is 11.6 Å². The highest BCUT2D eigenvalue weighted by atomic mass is 19.1. The number of hydrogen-bond donors (Lipinski definition) is 2. The van der Waals surface area contributed by atoms with E-state index in [9.17, 15) is 13.6 Å². The summed E-state index contributed by atoms with van der Waals surface area (Å²) in [6.07, 6.45) is 0.202. The van der Waals surface area contributed by atoms with Gasteiger partial charge >= 0.3 is 0 Å². The van der Waals surface area contributed by atoms with Gasteiger partial charge in [-0.05, 0) is 17.2 Å². The van der Waals surface area contributed by atoms with E-state index in [0.29, 0.717) is 6.54 Å². The Kier molecular flexibility index (Phi) is 5.00. The largest absolute Gasteiger partial charge is 0.352 e. The second-order valence-electron chi connectivity index (χ2n) is 4.71. The minimum Gasteiger partial charge on any atom is -0.352 e. The first kappa shape index (κ1) is 15.1. The van der Waals surface area contributed by atoms with Crippen LogP contribution in [0.5, 0.6) is 0 Å². The zero-order valence-corrected chi connectivity index (χ0v) is 11.4. The molecule has 1 amide bonds. The summed E-state index contributed by atoms with van der Waals surface area (Å²) in [5.41, 5.74) is 7.59. The molecule has 110 valence electrons. The summed E-state index contributed by atoms with van der Waals surface area (Å²) < 4.78 is 26.2. The number of hydrogen-bond acceptors (Lipinski definition) is 2. The molecule has 21 heavy (non-hydrogen) atoms. The van der Waals surface area contributed by atoms with Gasteiger partial charge in [0.05, 0.1) is 6.42 Å². The van der Waals surface area contributed by atoms with Crippen molar-refractivity contribution in [2.75, 3.05) is 0 Å². The van der Waals surface area contributed by atoms with Crippen LogP contribution in [0.4, 0.5) is 8.78 Å². The van der Waals surface area contributed by atoms with Gasteiger partial charge in [-0.25, -0.2) is 8.78 Å². The second-order valence-corrected chi connectivity index (χ2v) is 4.71. The topological polar surface area (TPSA) is 55.1 Å². The average Bonchev–Trinajstić information content (AvgIpc) is 2.47. The normalized spacial score (nSPS) is 10.4. The highest BCUT2D eigenvalue weighted by Crippen LogP contribution is 2.09. The molecule has 0 heterocycles. The lowest BCUT2D eigenvalue weighted by Gasteiger charge is -2.07. The van der Waals surface area contributed by atoms with Gasteiger partial charge in [0.2, 0.25) is 5.91 Å². The zero-order valence-electron chi connectivity index (χ0n) is 11.4. The predicted octanol–water partition coefficient (Wildman–Crippen LogP) is 2.28. The van der Waals surface area contributed by atoms with Crippen molar-refractivity contribution in [2.45, 2.75) is 19.5 Å². The van der Waals surface area contributed by atoms with E-state index in [2.05, 4.69) is 5.32 Å². The van der Waals surface area contributed by atoms with Crippen LogP contribution in [0.1, 0.15) is 16.7 Å². The Labute approximate surface area is 121 Å². The molecule has 2 aromatic rings. The van der Waals surface area contributed by atoms with Crippen LogP contribution < -0.4 is 11.1 Å². The maximum absolute atomic E-state index is 13.4. The Morgan fingerprint density at radius 2 is 1.71 bits per heavy atom. The molecule has 5 heteroatoms. The maximum Gasteiger partial charge on any atom is 0.224 e. The lowest BCUT2D eigenvalue weighted by atomic mass is 10.1. The van der Waals surface area contributed by atoms with E-state index < -0.39 is 11.6 Å². The Balaban J connectivity index is 1.89. The van der Waals surface area contributed by atoms with E-state index in [1.807, 2.05) is 24.3 Å². The molecule has 0 spiro atoms. The van der Waals surface area contributed by atoms with Gasteiger partial charge in [-0.1, -0.05) is 30.3 Å². The van der Waals surface area contributed by atoms with Crippen molar-refractivity contribution in [1.29, 1.82) is 0 Å². The standard InChI is InChI=1S/C16H16F2N2O/c17-14-6-5-13(15(18)8-14)10-20-16(21)7-11-1-3-12(9-19)4-2-11/h1-6,8H,7,9-10,19H2,(H,20,21). The number of carbonyl (C=O) groups is 1. The van der Waals surface area contributed by atoms with Crippen molar-refractivity contribution >= 4 is 5.91 Å². The van der Waals surface area contributed by atoms with Gasteiger partial charge < -0.3 is 11.1 Å². The van der Waals surface area contributed by atoms with Crippen LogP contribution in [-0.2, 0) is 24.3 Å². The number of amides is 1. The van der Waals surface area contributed by atoms with Crippen LogP contribution in [0.2, 0.25) is 0 Å². The Morgan fingerprint density at radius 3 is 2.33 bits per heavy atom. The number of halogens is 2. The van der Waals surface area contributed by atoms with Crippen LogP contribution in [0, 0.1) is 11.6 Å². The molecule has 0 aliphatic rings. The van der Waals surface area contributed by atoms with Gasteiger partial charge in [-0.3, -0.25) is 4.79 Å². The molecule has 0 atom stereocenters. The molecule has 0 bridgehead atoms. The molecule has 0 aromatic heterocycles. The van der Waals surface area contributed by atoms with E-state index in [0.717, 1.165) is 23.3 Å². The van der Waals surface area contributed by atoms with Crippen LogP contribution in [-0.4, -0.2) is 5.91 Å². The van der Waals surface area contributed by atoms with Crippen LogP contribution in [0.25, 0.3) is 0 Å². The number of nitrogens with one attached hydrogen (secondary N) is 1. The fourth-order valence-corrected chi connectivity index (χ4v) is 1.90. The van der Waals surface area contributed by atoms with Crippen molar-refractivity contribution in [2.24, 2.45) is 5.73 Å². The van der Waals surface area contributed by atoms with Crippen LogP contribution in [0.3, 0.4) is 0 Å². The highest BCUT2D eigenvalue weighted by Gasteiger charge is 2.07. The molecule has 0 fully saturated rings. The molecular formula is C16H16F2N2O. The SMILES string of the molecule is NCc1ccc(CC(=O)NCc2ccc(F)cc2F)cc1. The first-order chi connectivity index (χ1) is 10.1. The molecule has 0 aliphatic heterocycles. The highest BCUT2D eigenvalue weighted by molar-refractivity contribution is 5.78. The molecule has 0 saturated heterocycles. The number of rotatable bonds is 5. The first-order valence-electron chi connectivity index (χ1n) is 6.57. The first-order valence-corrected chi connectivity index (χ1v) is 6.57. The van der Waals surface area contributed by atoms with Crippen molar-refractivity contribution in [3.05, 3.63) is 70.8 Å². The Hall–Kier alpha value is -2.27. The van der Waals surface area contributed by atoms with Crippen molar-refractivity contribution < 1.29 is 13.6 Å². The van der Waals surface area contributed by atoms with Gasteiger partial charge in [0, 0.05) is 24.7 Å². The summed E-state index contributed by atoms with van der Waals surface area (Å²) in [5.74, 6) is -1.52. The molecule has 2 rings (SSSR count). The second kappa shape index (κ2) is 6.95. The summed E-state index contributed by atoms with van der Waals surface area (Å²) in [7, 11) is 0. The van der Waals surface area contributed by atoms with Gasteiger partial charge in [-0.2, -0.15) is 0 Å². The molecular weight excluding hydrogens is 274 g/mol. The third kappa shape index (κ3) is 4.36. The molecule has 0 unspecified atom stereocenters. The van der Waals surface area contributed by atoms with Crippen molar-refractivity contribution in [3.63, 3.8) is 0 Å². The van der Waals surface area contributed by atoms with Crippen molar-refractivity contribution in [3.8, 4) is 0 Å². The van der Waals surface area contributed by atoms with E-state index in [1.165, 1.54) is 6.07 Å². The van der Waals surface area contributed by atoms with E-state index >= 15 is 0 Å². The minimum absolute atomic E-state index is 0.0336. The predicted molar refractivity (Wildman–Crippen MR) is 76.2 cm³/mol. The average molecular weight is 290 g/mol. The minimum atomic E-state index is -0.664. The maximum atomic E-state index is 13.4. The fourth-order valence-electron chi connectivity index (χ4n) is 1.90. The molecule has 3 N–H and O–H groups in total. The van der Waals surface area contributed by atoms with E-state index in [1.54, 1.807) is 0 Å².